The van der Waals surface area contributed by atoms with Crippen LogP contribution in [0, 0.1) is 0 Å². The second-order valence-corrected chi connectivity index (χ2v) is 10.9. The molecular weight excluding hydrogens is 196 g/mol. The van der Waals surface area contributed by atoms with Crippen molar-refractivity contribution in [2.24, 2.45) is 0 Å². The van der Waals surface area contributed by atoms with Crippen molar-refractivity contribution in [2.45, 2.75) is 38.0 Å². The van der Waals surface area contributed by atoms with Crippen LogP contribution < -0.4 is 0 Å². The van der Waals surface area contributed by atoms with E-state index in [1.807, 2.05) is 0 Å². The van der Waals surface area contributed by atoms with Crippen LogP contribution >= 0.6 is 0 Å². The molecule has 1 unspecified atom stereocenters. The van der Waals surface area contributed by atoms with Gasteiger partial charge in [-0.15, -0.1) is 0 Å². The van der Waals surface area contributed by atoms with E-state index in [4.69, 9.17) is 0 Å². The lowest BCUT2D eigenvalue weighted by Gasteiger charge is -2.33. The van der Waals surface area contributed by atoms with Crippen LogP contribution in [-0.2, 0) is 0 Å². The number of benzene rings is 1. The van der Waals surface area contributed by atoms with Crippen LogP contribution in [0.5, 0.6) is 0 Å². The van der Waals surface area contributed by atoms with Gasteiger partial charge in [0.25, 0.3) is 0 Å². The lowest BCUT2D eigenvalue weighted by Crippen LogP contribution is -2.36. The second kappa shape index (κ2) is 3.64. The molecule has 1 heteroatoms. The zero-order valence-electron chi connectivity index (χ0n) is 10.1. The topological polar surface area (TPSA) is 0 Å². The van der Waals surface area contributed by atoms with E-state index in [9.17, 15) is 0 Å². The summed E-state index contributed by atoms with van der Waals surface area (Å²) in [6.45, 7) is 9.77. The number of rotatable bonds is 2. The fourth-order valence-corrected chi connectivity index (χ4v) is 4.63. The molecule has 0 saturated carbocycles. The van der Waals surface area contributed by atoms with Gasteiger partial charge < -0.3 is 0 Å². The van der Waals surface area contributed by atoms with Gasteiger partial charge in [-0.25, -0.2) is 0 Å². The Balaban J connectivity index is 2.40. The molecule has 0 spiro atoms. The molecule has 0 N–H and O–H groups in total. The highest BCUT2D eigenvalue weighted by atomic mass is 28.3. The zero-order chi connectivity index (χ0) is 11.1. The highest BCUT2D eigenvalue weighted by molar-refractivity contribution is 6.80. The van der Waals surface area contributed by atoms with Gasteiger partial charge in [0.1, 0.15) is 0 Å². The predicted molar refractivity (Wildman–Crippen MR) is 70.8 cm³/mol. The average molecular weight is 216 g/mol. The fraction of sp³-hybridized carbons (Fsp3) is 0.429. The molecular formula is C14H20Si. The van der Waals surface area contributed by atoms with Crippen molar-refractivity contribution >= 4 is 14.1 Å². The first-order chi connectivity index (χ1) is 7.03. The number of allylic oxidation sites excluding steroid dienone is 1. The molecule has 1 atom stereocenters. The van der Waals surface area contributed by atoms with Crippen molar-refractivity contribution in [3.8, 4) is 0 Å². The number of hydrogen-bond acceptors (Lipinski definition) is 0. The van der Waals surface area contributed by atoms with Gasteiger partial charge in [-0.3, -0.25) is 0 Å². The minimum absolute atomic E-state index is 0.716. The predicted octanol–water partition coefficient (Wildman–Crippen LogP) is 4.45. The van der Waals surface area contributed by atoms with Gasteiger partial charge in [0.05, 0.1) is 8.07 Å². The summed E-state index contributed by atoms with van der Waals surface area (Å²) in [7, 11) is -1.19. The largest absolute Gasteiger partial charge is 0.0791 e. The van der Waals surface area contributed by atoms with Crippen LogP contribution in [0.4, 0.5) is 0 Å². The highest BCUT2D eigenvalue weighted by Crippen LogP contribution is 2.41. The van der Waals surface area contributed by atoms with Crippen LogP contribution in [0.2, 0.25) is 18.6 Å². The molecule has 80 valence electrons. The van der Waals surface area contributed by atoms with Gasteiger partial charge in [-0.1, -0.05) is 68.9 Å². The molecule has 1 aliphatic rings. The summed E-state index contributed by atoms with van der Waals surface area (Å²) in [5.74, 6) is 0. The molecule has 0 aliphatic heterocycles. The number of fused-ring (bicyclic) bond motifs is 1. The molecule has 0 aromatic heterocycles. The van der Waals surface area contributed by atoms with Crippen molar-refractivity contribution in [1.29, 1.82) is 0 Å². The quantitative estimate of drug-likeness (QED) is 0.641. The third kappa shape index (κ3) is 1.69. The van der Waals surface area contributed by atoms with Gasteiger partial charge in [0.2, 0.25) is 0 Å². The summed E-state index contributed by atoms with van der Waals surface area (Å²) >= 11 is 0. The molecule has 0 bridgehead atoms. The Hall–Kier alpha value is -0.823. The van der Waals surface area contributed by atoms with E-state index >= 15 is 0 Å². The third-order valence-corrected chi connectivity index (χ3v) is 9.17. The first-order valence-corrected chi connectivity index (χ1v) is 8.96. The molecule has 0 nitrogen and oxygen atoms in total. The molecule has 0 radical (unpaired) electrons. The normalized spacial score (nSPS) is 19.7. The van der Waals surface area contributed by atoms with Gasteiger partial charge in [-0.2, -0.15) is 0 Å². The van der Waals surface area contributed by atoms with E-state index in [0.717, 1.165) is 5.54 Å². The van der Waals surface area contributed by atoms with E-state index in [1.54, 1.807) is 5.56 Å². The summed E-state index contributed by atoms with van der Waals surface area (Å²) in [6, 6.07) is 8.84. The zero-order valence-corrected chi connectivity index (χ0v) is 11.1. The van der Waals surface area contributed by atoms with E-state index in [0.29, 0.717) is 5.54 Å². The Bertz CT molecular complexity index is 388. The Morgan fingerprint density at radius 2 is 1.80 bits per heavy atom. The monoisotopic (exact) mass is 216 g/mol. The maximum absolute atomic E-state index is 2.51. The van der Waals surface area contributed by atoms with Crippen molar-refractivity contribution in [2.75, 3.05) is 0 Å². The van der Waals surface area contributed by atoms with Crippen LogP contribution in [0.25, 0.3) is 6.08 Å². The van der Waals surface area contributed by atoms with Crippen LogP contribution in [0.15, 0.2) is 30.3 Å². The summed E-state index contributed by atoms with van der Waals surface area (Å²) < 4.78 is 0. The van der Waals surface area contributed by atoms with E-state index in [1.165, 1.54) is 5.56 Å². The SMILES string of the molecule is CC(C)[Si](C)(C)C1C=Cc2ccccc21. The van der Waals surface area contributed by atoms with Crippen LogP contribution in [-0.4, -0.2) is 8.07 Å². The molecule has 0 amide bonds. The van der Waals surface area contributed by atoms with E-state index in [-0.39, 0.29) is 0 Å². The maximum atomic E-state index is 2.51. The minimum atomic E-state index is -1.19. The molecule has 2 rings (SSSR count). The Kier molecular flexibility index (Phi) is 2.59. The van der Waals surface area contributed by atoms with Crippen molar-refractivity contribution in [3.63, 3.8) is 0 Å². The van der Waals surface area contributed by atoms with Crippen molar-refractivity contribution in [1.82, 2.24) is 0 Å². The lowest BCUT2D eigenvalue weighted by atomic mass is 10.1. The maximum Gasteiger partial charge on any atom is 0.0621 e. The van der Waals surface area contributed by atoms with Gasteiger partial charge in [-0.05, 0) is 16.7 Å². The fourth-order valence-electron chi connectivity index (χ4n) is 2.26. The van der Waals surface area contributed by atoms with Crippen LogP contribution in [0.1, 0.15) is 30.5 Å². The second-order valence-electron chi connectivity index (χ2n) is 5.44. The summed E-state index contributed by atoms with van der Waals surface area (Å²) in [5.41, 5.74) is 4.54. The van der Waals surface area contributed by atoms with E-state index < -0.39 is 8.07 Å². The lowest BCUT2D eigenvalue weighted by molar-refractivity contribution is 0.956. The van der Waals surface area contributed by atoms with Gasteiger partial charge in [0.15, 0.2) is 0 Å². The molecule has 1 aromatic carbocycles. The molecule has 1 aromatic rings. The van der Waals surface area contributed by atoms with Crippen LogP contribution in [0.3, 0.4) is 0 Å². The minimum Gasteiger partial charge on any atom is -0.0791 e. The van der Waals surface area contributed by atoms with Crippen molar-refractivity contribution < 1.29 is 0 Å². The standard InChI is InChI=1S/C14H20Si/c1-11(2)15(3,4)14-10-9-12-7-5-6-8-13(12)14/h5-11,14H,1-4H3. The van der Waals surface area contributed by atoms with E-state index in [2.05, 4.69) is 63.4 Å². The highest BCUT2D eigenvalue weighted by Gasteiger charge is 2.36. The number of hydrogen-bond donors (Lipinski definition) is 0. The molecule has 1 aliphatic carbocycles. The molecule has 0 heterocycles. The Morgan fingerprint density at radius 3 is 2.47 bits per heavy atom. The first-order valence-electron chi connectivity index (χ1n) is 5.80. The van der Waals surface area contributed by atoms with Crippen molar-refractivity contribution in [3.05, 3.63) is 41.5 Å². The smallest absolute Gasteiger partial charge is 0.0621 e. The van der Waals surface area contributed by atoms with Gasteiger partial charge in [0, 0.05) is 0 Å². The Morgan fingerprint density at radius 1 is 1.13 bits per heavy atom. The summed E-state index contributed by atoms with van der Waals surface area (Å²) in [4.78, 5) is 0. The average Bonchev–Trinajstić information content (AvgIpc) is 2.61. The molecule has 0 saturated heterocycles. The summed E-state index contributed by atoms with van der Waals surface area (Å²) in [5, 5.41) is 0. The molecule has 0 fully saturated rings. The first kappa shape index (κ1) is 10.7. The Labute approximate surface area is 94.0 Å². The molecule has 15 heavy (non-hydrogen) atoms. The van der Waals surface area contributed by atoms with Gasteiger partial charge >= 0.3 is 0 Å². The summed E-state index contributed by atoms with van der Waals surface area (Å²) in [6.07, 6.45) is 4.73. The third-order valence-electron chi connectivity index (χ3n) is 4.09.